The third kappa shape index (κ3) is 10.8. The van der Waals surface area contributed by atoms with Crippen LogP contribution in [0.4, 0.5) is 0 Å². The molecule has 2 aromatic carbocycles. The lowest BCUT2D eigenvalue weighted by atomic mass is 10.1. The average Bonchev–Trinajstić information content (AvgIpc) is 3.00. The molecule has 1 aromatic heterocycles. The van der Waals surface area contributed by atoms with Crippen molar-refractivity contribution in [1.82, 2.24) is 15.0 Å². The monoisotopic (exact) mass is 625 g/mol. The Balaban J connectivity index is 1.67. The maximum atomic E-state index is 12.4. The zero-order valence-corrected chi connectivity index (χ0v) is 26.3. The average molecular weight is 626 g/mol. The maximum absolute atomic E-state index is 12.4. The van der Waals surface area contributed by atoms with Crippen molar-refractivity contribution < 1.29 is 38.7 Å². The molecule has 0 saturated carbocycles. The number of unbranched alkanes of at least 4 members (excludes halogenated alkanes) is 6. The van der Waals surface area contributed by atoms with Crippen molar-refractivity contribution >= 4 is 11.9 Å². The SMILES string of the molecule is CCCCCCOC(=O)C(C)Oc1ccc(-c2nc(-c3ccc(OC(C)C(=O)OCCCCCC)cc3O)[nH]c(=O)n2)c(O)c1. The van der Waals surface area contributed by atoms with Gasteiger partial charge in [-0.3, -0.25) is 4.98 Å². The minimum Gasteiger partial charge on any atom is -0.507 e. The molecule has 0 amide bonds. The lowest BCUT2D eigenvalue weighted by Crippen LogP contribution is -2.26. The molecule has 3 rings (SSSR count). The molecule has 12 nitrogen and oxygen atoms in total. The number of aromatic nitrogens is 3. The summed E-state index contributed by atoms with van der Waals surface area (Å²) < 4.78 is 21.8. The Hall–Kier alpha value is -4.61. The van der Waals surface area contributed by atoms with E-state index in [2.05, 4.69) is 28.8 Å². The van der Waals surface area contributed by atoms with Gasteiger partial charge >= 0.3 is 17.6 Å². The molecule has 0 aliphatic rings. The molecule has 0 aliphatic heterocycles. The standard InChI is InChI=1S/C33H43N3O9/c1-5-7-9-11-17-42-31(39)21(3)44-23-13-15-25(27(37)19-23)29-34-30(36-33(41)35-29)26-16-14-24(20-28(26)38)45-22(4)32(40)43-18-12-10-8-6-2/h13-16,19-22,37-38H,5-12,17-18H2,1-4H3,(H,34,35,36,41). The van der Waals surface area contributed by atoms with Gasteiger partial charge in [-0.05, 0) is 51.0 Å². The molecule has 0 fully saturated rings. The molecule has 0 spiro atoms. The Kier molecular flexibility index (Phi) is 13.7. The number of rotatable bonds is 18. The summed E-state index contributed by atoms with van der Waals surface area (Å²) >= 11 is 0. The lowest BCUT2D eigenvalue weighted by Gasteiger charge is -2.15. The van der Waals surface area contributed by atoms with E-state index in [-0.39, 0.29) is 45.8 Å². The van der Waals surface area contributed by atoms with Crippen LogP contribution >= 0.6 is 0 Å². The van der Waals surface area contributed by atoms with Gasteiger partial charge in [0.25, 0.3) is 0 Å². The van der Waals surface area contributed by atoms with Crippen molar-refractivity contribution in [1.29, 1.82) is 0 Å². The molecule has 244 valence electrons. The van der Waals surface area contributed by atoms with Gasteiger partial charge in [-0.15, -0.1) is 0 Å². The van der Waals surface area contributed by atoms with Crippen LogP contribution in [0.2, 0.25) is 0 Å². The molecule has 0 bridgehead atoms. The summed E-state index contributed by atoms with van der Waals surface area (Å²) in [7, 11) is 0. The Morgan fingerprint density at radius 2 is 1.22 bits per heavy atom. The summed E-state index contributed by atoms with van der Waals surface area (Å²) in [6.07, 6.45) is 6.06. The molecule has 0 radical (unpaired) electrons. The van der Waals surface area contributed by atoms with Crippen LogP contribution < -0.4 is 15.2 Å². The van der Waals surface area contributed by atoms with Crippen LogP contribution in [-0.2, 0) is 19.1 Å². The van der Waals surface area contributed by atoms with Crippen LogP contribution in [0.5, 0.6) is 23.0 Å². The zero-order valence-electron chi connectivity index (χ0n) is 26.3. The van der Waals surface area contributed by atoms with Gasteiger partial charge in [0.2, 0.25) is 0 Å². The number of carbonyl (C=O) groups is 2. The zero-order chi connectivity index (χ0) is 32.8. The van der Waals surface area contributed by atoms with Gasteiger partial charge < -0.3 is 29.2 Å². The quantitative estimate of drug-likeness (QED) is 0.117. The summed E-state index contributed by atoms with van der Waals surface area (Å²) in [5, 5.41) is 21.4. The first-order valence-electron chi connectivity index (χ1n) is 15.4. The first-order valence-corrected chi connectivity index (χ1v) is 15.4. The molecule has 1 heterocycles. The summed E-state index contributed by atoms with van der Waals surface area (Å²) in [6.45, 7) is 7.94. The lowest BCUT2D eigenvalue weighted by molar-refractivity contribution is -0.152. The van der Waals surface area contributed by atoms with E-state index in [4.69, 9.17) is 18.9 Å². The predicted molar refractivity (Wildman–Crippen MR) is 167 cm³/mol. The van der Waals surface area contributed by atoms with Gasteiger partial charge in [0.15, 0.2) is 18.0 Å². The molecular weight excluding hydrogens is 582 g/mol. The largest absolute Gasteiger partial charge is 0.507 e. The van der Waals surface area contributed by atoms with Gasteiger partial charge in [0.1, 0.15) is 28.8 Å². The molecular formula is C33H43N3O9. The van der Waals surface area contributed by atoms with E-state index >= 15 is 0 Å². The first-order chi connectivity index (χ1) is 21.6. The fourth-order valence-corrected chi connectivity index (χ4v) is 4.33. The number of nitrogens with zero attached hydrogens (tertiary/aromatic N) is 2. The number of hydrogen-bond donors (Lipinski definition) is 3. The number of benzene rings is 2. The van der Waals surface area contributed by atoms with Gasteiger partial charge in [0, 0.05) is 12.1 Å². The van der Waals surface area contributed by atoms with Crippen LogP contribution in [0.1, 0.15) is 79.1 Å². The van der Waals surface area contributed by atoms with E-state index in [0.29, 0.717) is 13.2 Å². The number of phenolic OH excluding ortho intramolecular Hbond substituents is 2. The molecule has 2 unspecified atom stereocenters. The molecule has 45 heavy (non-hydrogen) atoms. The second-order valence-corrected chi connectivity index (χ2v) is 10.7. The molecule has 12 heteroatoms. The molecule has 0 saturated heterocycles. The van der Waals surface area contributed by atoms with Crippen molar-refractivity contribution in [3.05, 3.63) is 46.9 Å². The summed E-state index contributed by atoms with van der Waals surface area (Å²) in [4.78, 5) is 47.6. The maximum Gasteiger partial charge on any atom is 0.348 e. The highest BCUT2D eigenvalue weighted by molar-refractivity contribution is 5.75. The van der Waals surface area contributed by atoms with Gasteiger partial charge in [0.05, 0.1) is 24.3 Å². The fraction of sp³-hybridized carbons (Fsp3) is 0.485. The molecule has 0 aliphatic carbocycles. The van der Waals surface area contributed by atoms with Crippen LogP contribution in [0.25, 0.3) is 22.8 Å². The Morgan fingerprint density at radius 3 is 1.69 bits per heavy atom. The third-order valence-electron chi connectivity index (χ3n) is 6.86. The summed E-state index contributed by atoms with van der Waals surface area (Å²) in [5.74, 6) is -1.28. The number of hydrogen-bond acceptors (Lipinski definition) is 11. The smallest absolute Gasteiger partial charge is 0.348 e. The van der Waals surface area contributed by atoms with Crippen molar-refractivity contribution in [3.63, 3.8) is 0 Å². The second kappa shape index (κ2) is 17.6. The summed E-state index contributed by atoms with van der Waals surface area (Å²) in [5.41, 5.74) is -0.474. The van der Waals surface area contributed by atoms with E-state index in [1.165, 1.54) is 36.4 Å². The van der Waals surface area contributed by atoms with Gasteiger partial charge in [-0.1, -0.05) is 52.4 Å². The Bertz CT molecular complexity index is 1370. The van der Waals surface area contributed by atoms with Gasteiger partial charge in [-0.2, -0.15) is 4.98 Å². The highest BCUT2D eigenvalue weighted by Gasteiger charge is 2.20. The highest BCUT2D eigenvalue weighted by atomic mass is 16.6. The Morgan fingerprint density at radius 1 is 0.733 bits per heavy atom. The predicted octanol–water partition coefficient (Wildman–Crippen LogP) is 5.69. The minimum atomic E-state index is -0.900. The van der Waals surface area contributed by atoms with Crippen LogP contribution in [0.15, 0.2) is 41.2 Å². The van der Waals surface area contributed by atoms with Crippen molar-refractivity contribution in [3.8, 4) is 45.8 Å². The van der Waals surface area contributed by atoms with Crippen LogP contribution in [0, 0.1) is 0 Å². The Labute approximate surface area is 262 Å². The van der Waals surface area contributed by atoms with Crippen LogP contribution in [-0.4, -0.2) is 62.5 Å². The number of ether oxygens (including phenoxy) is 4. The molecule has 2 atom stereocenters. The number of nitrogens with one attached hydrogen (secondary N) is 1. The van der Waals surface area contributed by atoms with E-state index in [1.54, 1.807) is 13.8 Å². The minimum absolute atomic E-state index is 0.0105. The number of phenols is 2. The van der Waals surface area contributed by atoms with Crippen molar-refractivity contribution in [2.24, 2.45) is 0 Å². The van der Waals surface area contributed by atoms with Crippen LogP contribution in [0.3, 0.4) is 0 Å². The topological polar surface area (TPSA) is 170 Å². The number of esters is 2. The number of H-pyrrole nitrogens is 1. The summed E-state index contributed by atoms with van der Waals surface area (Å²) in [6, 6.07) is 8.52. The number of aromatic hydroxyl groups is 2. The van der Waals surface area contributed by atoms with Crippen molar-refractivity contribution in [2.75, 3.05) is 13.2 Å². The van der Waals surface area contributed by atoms with E-state index in [1.807, 2.05) is 0 Å². The van der Waals surface area contributed by atoms with Gasteiger partial charge in [-0.25, -0.2) is 19.4 Å². The number of aromatic amines is 1. The molecule has 3 aromatic rings. The van der Waals surface area contributed by atoms with E-state index in [9.17, 15) is 24.6 Å². The van der Waals surface area contributed by atoms with E-state index in [0.717, 1.165) is 51.4 Å². The number of carbonyl (C=O) groups excluding carboxylic acids is 2. The van der Waals surface area contributed by atoms with Crippen molar-refractivity contribution in [2.45, 2.75) is 91.3 Å². The highest BCUT2D eigenvalue weighted by Crippen LogP contribution is 2.34. The molecule has 3 N–H and O–H groups in total. The normalized spacial score (nSPS) is 12.3. The fourth-order valence-electron chi connectivity index (χ4n) is 4.33. The first kappa shape index (κ1) is 34.9. The third-order valence-corrected chi connectivity index (χ3v) is 6.86. The van der Waals surface area contributed by atoms with E-state index < -0.39 is 29.8 Å². The second-order valence-electron chi connectivity index (χ2n) is 10.7.